The fourth-order valence-corrected chi connectivity index (χ4v) is 2.15. The van der Waals surface area contributed by atoms with E-state index >= 15 is 0 Å². The van der Waals surface area contributed by atoms with Crippen LogP contribution in [0.4, 0.5) is 0 Å². The van der Waals surface area contributed by atoms with Crippen molar-refractivity contribution in [3.8, 4) is 5.75 Å². The summed E-state index contributed by atoms with van der Waals surface area (Å²) in [6.45, 7) is 4.92. The lowest BCUT2D eigenvalue weighted by atomic mass is 10.1. The van der Waals surface area contributed by atoms with E-state index in [1.807, 2.05) is 0 Å². The Balaban J connectivity index is 1.90. The Morgan fingerprint density at radius 3 is 3.06 bits per heavy atom. The van der Waals surface area contributed by atoms with E-state index in [0.29, 0.717) is 0 Å². The highest BCUT2D eigenvalue weighted by molar-refractivity contribution is 5.39. The maximum Gasteiger partial charge on any atom is 0.122 e. The zero-order valence-corrected chi connectivity index (χ0v) is 10.8. The van der Waals surface area contributed by atoms with E-state index in [-0.39, 0.29) is 6.04 Å². The summed E-state index contributed by atoms with van der Waals surface area (Å²) < 4.78 is 5.51. The lowest BCUT2D eigenvalue weighted by Crippen LogP contribution is -2.25. The standard InChI is InChI=1S/C14H22N2O/c1-11(15)5-7-16(2)10-12-3-4-14-13(9-12)6-8-17-14/h3-4,9,11H,5-8,10,15H2,1-2H3. The molecule has 3 heteroatoms. The molecule has 1 aromatic carbocycles. The summed E-state index contributed by atoms with van der Waals surface area (Å²) in [4.78, 5) is 2.32. The molecule has 1 atom stereocenters. The molecule has 1 aliphatic heterocycles. The quantitative estimate of drug-likeness (QED) is 0.844. The average molecular weight is 234 g/mol. The van der Waals surface area contributed by atoms with Crippen molar-refractivity contribution in [1.82, 2.24) is 4.90 Å². The van der Waals surface area contributed by atoms with Crippen molar-refractivity contribution < 1.29 is 4.74 Å². The van der Waals surface area contributed by atoms with E-state index in [1.54, 1.807) is 0 Å². The Hall–Kier alpha value is -1.06. The van der Waals surface area contributed by atoms with E-state index < -0.39 is 0 Å². The third kappa shape index (κ3) is 3.45. The molecule has 94 valence electrons. The van der Waals surface area contributed by atoms with Gasteiger partial charge in [-0.05, 0) is 44.1 Å². The maximum atomic E-state index is 5.76. The Kier molecular flexibility index (Phi) is 4.02. The number of rotatable bonds is 5. The van der Waals surface area contributed by atoms with Gasteiger partial charge in [-0.1, -0.05) is 12.1 Å². The summed E-state index contributed by atoms with van der Waals surface area (Å²) in [6, 6.07) is 6.81. The summed E-state index contributed by atoms with van der Waals surface area (Å²) in [5, 5.41) is 0. The highest BCUT2D eigenvalue weighted by atomic mass is 16.5. The van der Waals surface area contributed by atoms with E-state index in [2.05, 4.69) is 37.1 Å². The lowest BCUT2D eigenvalue weighted by molar-refractivity contribution is 0.313. The van der Waals surface area contributed by atoms with Gasteiger partial charge in [0.2, 0.25) is 0 Å². The van der Waals surface area contributed by atoms with Crippen molar-refractivity contribution in [1.29, 1.82) is 0 Å². The summed E-state index contributed by atoms with van der Waals surface area (Å²) in [7, 11) is 2.14. The normalized spacial score (nSPS) is 15.8. The molecule has 1 heterocycles. The van der Waals surface area contributed by atoms with Gasteiger partial charge in [-0.3, -0.25) is 0 Å². The first-order chi connectivity index (χ1) is 8.15. The van der Waals surface area contributed by atoms with Gasteiger partial charge in [0.1, 0.15) is 5.75 Å². The van der Waals surface area contributed by atoms with E-state index in [1.165, 1.54) is 11.1 Å². The Morgan fingerprint density at radius 1 is 1.47 bits per heavy atom. The van der Waals surface area contributed by atoms with E-state index in [9.17, 15) is 0 Å². The molecule has 1 aromatic rings. The van der Waals surface area contributed by atoms with Gasteiger partial charge in [-0.2, -0.15) is 0 Å². The van der Waals surface area contributed by atoms with Gasteiger partial charge < -0.3 is 15.4 Å². The van der Waals surface area contributed by atoms with Crippen molar-refractivity contribution in [2.24, 2.45) is 5.73 Å². The van der Waals surface area contributed by atoms with Crippen molar-refractivity contribution in [2.45, 2.75) is 32.4 Å². The van der Waals surface area contributed by atoms with Gasteiger partial charge in [0.05, 0.1) is 6.61 Å². The molecule has 2 N–H and O–H groups in total. The summed E-state index contributed by atoms with van der Waals surface area (Å²) in [5.41, 5.74) is 8.48. The van der Waals surface area contributed by atoms with Gasteiger partial charge in [-0.25, -0.2) is 0 Å². The lowest BCUT2D eigenvalue weighted by Gasteiger charge is -2.18. The first-order valence-electron chi connectivity index (χ1n) is 6.34. The minimum atomic E-state index is 0.283. The smallest absolute Gasteiger partial charge is 0.122 e. The van der Waals surface area contributed by atoms with Crippen LogP contribution in [-0.4, -0.2) is 31.1 Å². The van der Waals surface area contributed by atoms with Crippen LogP contribution in [-0.2, 0) is 13.0 Å². The molecule has 0 spiro atoms. The highest BCUT2D eigenvalue weighted by Gasteiger charge is 2.12. The first-order valence-corrected chi connectivity index (χ1v) is 6.34. The zero-order valence-electron chi connectivity index (χ0n) is 10.8. The fourth-order valence-electron chi connectivity index (χ4n) is 2.15. The molecule has 0 fully saturated rings. The molecule has 0 aliphatic carbocycles. The summed E-state index contributed by atoms with van der Waals surface area (Å²) in [6.07, 6.45) is 2.09. The molecule has 3 nitrogen and oxygen atoms in total. The monoisotopic (exact) mass is 234 g/mol. The van der Waals surface area contributed by atoms with Gasteiger partial charge in [0.15, 0.2) is 0 Å². The average Bonchev–Trinajstić information content (AvgIpc) is 2.73. The zero-order chi connectivity index (χ0) is 12.3. The highest BCUT2D eigenvalue weighted by Crippen LogP contribution is 2.26. The van der Waals surface area contributed by atoms with Crippen molar-refractivity contribution >= 4 is 0 Å². The molecule has 0 saturated heterocycles. The van der Waals surface area contributed by atoms with Gasteiger partial charge >= 0.3 is 0 Å². The van der Waals surface area contributed by atoms with Crippen LogP contribution in [0.1, 0.15) is 24.5 Å². The van der Waals surface area contributed by atoms with Gasteiger partial charge in [0, 0.05) is 19.0 Å². The van der Waals surface area contributed by atoms with Gasteiger partial charge in [0.25, 0.3) is 0 Å². The van der Waals surface area contributed by atoms with Crippen LogP contribution in [0.5, 0.6) is 5.75 Å². The third-order valence-corrected chi connectivity index (χ3v) is 3.17. The molecular weight excluding hydrogens is 212 g/mol. The van der Waals surface area contributed by atoms with E-state index in [4.69, 9.17) is 10.5 Å². The van der Waals surface area contributed by atoms with Gasteiger partial charge in [-0.15, -0.1) is 0 Å². The molecule has 1 unspecified atom stereocenters. The third-order valence-electron chi connectivity index (χ3n) is 3.17. The number of ether oxygens (including phenoxy) is 1. The molecule has 17 heavy (non-hydrogen) atoms. The SMILES string of the molecule is CC(N)CCN(C)Cc1ccc2c(c1)CCO2. The largest absolute Gasteiger partial charge is 0.493 e. The number of benzene rings is 1. The van der Waals surface area contributed by atoms with E-state index in [0.717, 1.165) is 38.3 Å². The van der Waals surface area contributed by atoms with Crippen LogP contribution in [0.15, 0.2) is 18.2 Å². The molecule has 0 saturated carbocycles. The fraction of sp³-hybridized carbons (Fsp3) is 0.571. The minimum absolute atomic E-state index is 0.283. The van der Waals surface area contributed by atoms with Crippen LogP contribution >= 0.6 is 0 Å². The van der Waals surface area contributed by atoms with Crippen molar-refractivity contribution in [3.05, 3.63) is 29.3 Å². The van der Waals surface area contributed by atoms with Crippen LogP contribution in [0.25, 0.3) is 0 Å². The van der Waals surface area contributed by atoms with Crippen LogP contribution in [0, 0.1) is 0 Å². The molecule has 0 amide bonds. The second kappa shape index (κ2) is 5.52. The number of hydrogen-bond donors (Lipinski definition) is 1. The number of nitrogens with zero attached hydrogens (tertiary/aromatic N) is 1. The Bertz CT molecular complexity index is 376. The number of nitrogens with two attached hydrogens (primary N) is 1. The number of hydrogen-bond acceptors (Lipinski definition) is 3. The van der Waals surface area contributed by atoms with Crippen molar-refractivity contribution in [3.63, 3.8) is 0 Å². The first kappa shape index (κ1) is 12.4. The summed E-state index contributed by atoms with van der Waals surface area (Å²) in [5.74, 6) is 1.06. The topological polar surface area (TPSA) is 38.5 Å². The molecule has 1 aliphatic rings. The molecule has 0 bridgehead atoms. The Labute approximate surface area is 104 Å². The minimum Gasteiger partial charge on any atom is -0.493 e. The second-order valence-electron chi connectivity index (χ2n) is 5.04. The molecule has 0 aromatic heterocycles. The maximum absolute atomic E-state index is 5.76. The number of fused-ring (bicyclic) bond motifs is 1. The molecule has 0 radical (unpaired) electrons. The van der Waals surface area contributed by atoms with Crippen molar-refractivity contribution in [2.75, 3.05) is 20.2 Å². The molecule has 2 rings (SSSR count). The second-order valence-corrected chi connectivity index (χ2v) is 5.04. The predicted molar refractivity (Wildman–Crippen MR) is 70.2 cm³/mol. The van der Waals surface area contributed by atoms with Crippen LogP contribution in [0.2, 0.25) is 0 Å². The predicted octanol–water partition coefficient (Wildman–Crippen LogP) is 1.79. The van der Waals surface area contributed by atoms with Crippen LogP contribution in [0.3, 0.4) is 0 Å². The molecular formula is C14H22N2O. The summed E-state index contributed by atoms with van der Waals surface area (Å²) >= 11 is 0. The Morgan fingerprint density at radius 2 is 2.29 bits per heavy atom. The van der Waals surface area contributed by atoms with Crippen LogP contribution < -0.4 is 10.5 Å².